The number of hydrogen-bond acceptors (Lipinski definition) is 5. The normalized spacial score (nSPS) is 14.8. The maximum absolute atomic E-state index is 13.6. The molecule has 0 radical (unpaired) electrons. The molecule has 0 saturated carbocycles. The third-order valence-electron chi connectivity index (χ3n) is 6.37. The molecule has 0 unspecified atom stereocenters. The second-order valence-corrected chi connectivity index (χ2v) is 8.99. The number of alkyl halides is 2. The molecule has 35 heavy (non-hydrogen) atoms. The van der Waals surface area contributed by atoms with E-state index in [1.165, 1.54) is 0 Å². The van der Waals surface area contributed by atoms with Gasteiger partial charge < -0.3 is 9.32 Å². The van der Waals surface area contributed by atoms with Crippen LogP contribution in [-0.2, 0) is 11.3 Å². The predicted octanol–water partition coefficient (Wildman–Crippen LogP) is 4.68. The van der Waals surface area contributed by atoms with Crippen LogP contribution in [-0.4, -0.2) is 43.2 Å². The number of carbonyl (C=O) groups is 1. The van der Waals surface area contributed by atoms with Gasteiger partial charge in [-0.25, -0.2) is 4.79 Å². The van der Waals surface area contributed by atoms with Crippen LogP contribution in [0.3, 0.4) is 0 Å². The highest BCUT2D eigenvalue weighted by molar-refractivity contribution is 6.31. The molecule has 11 heteroatoms. The van der Waals surface area contributed by atoms with Crippen molar-refractivity contribution in [3.8, 4) is 11.5 Å². The summed E-state index contributed by atoms with van der Waals surface area (Å²) in [5, 5.41) is 7.55. The average molecular weight is 502 g/mol. The fraction of sp³-hybridized carbons (Fsp3) is 0.333. The van der Waals surface area contributed by atoms with Gasteiger partial charge in [-0.15, -0.1) is 10.2 Å². The number of fused-ring (bicyclic) bond motifs is 1. The minimum Gasteiger partial charge on any atom is -0.415 e. The van der Waals surface area contributed by atoms with E-state index in [1.54, 1.807) is 57.4 Å². The zero-order valence-corrected chi connectivity index (χ0v) is 19.6. The van der Waals surface area contributed by atoms with E-state index in [1.807, 2.05) is 6.07 Å². The Bertz CT molecular complexity index is 1440. The lowest BCUT2D eigenvalue weighted by molar-refractivity contribution is -0.130. The van der Waals surface area contributed by atoms with Crippen LogP contribution in [0.5, 0.6) is 0 Å². The van der Waals surface area contributed by atoms with Crippen molar-refractivity contribution in [2.45, 2.75) is 38.8 Å². The Morgan fingerprint density at radius 1 is 1.11 bits per heavy atom. The minimum atomic E-state index is -2.83. The average Bonchev–Trinajstić information content (AvgIpc) is 3.43. The summed E-state index contributed by atoms with van der Waals surface area (Å²) in [5.41, 5.74) is 2.71. The van der Waals surface area contributed by atoms with Gasteiger partial charge in [0, 0.05) is 36.6 Å². The van der Waals surface area contributed by atoms with Crippen LogP contribution in [0, 0.1) is 0 Å². The Labute approximate surface area is 203 Å². The number of aromatic nitrogens is 4. The van der Waals surface area contributed by atoms with Gasteiger partial charge in [-0.1, -0.05) is 23.7 Å². The number of amides is 1. The molecule has 1 amide bonds. The van der Waals surface area contributed by atoms with Crippen LogP contribution in [0.15, 0.2) is 51.7 Å². The molecule has 0 spiro atoms. The summed E-state index contributed by atoms with van der Waals surface area (Å²) in [5.74, 6) is -0.681. The summed E-state index contributed by atoms with van der Waals surface area (Å²) in [6.45, 7) is 3.07. The molecule has 1 aliphatic heterocycles. The first-order valence-electron chi connectivity index (χ1n) is 11.2. The fourth-order valence-electron chi connectivity index (χ4n) is 4.57. The highest BCUT2D eigenvalue weighted by atomic mass is 35.5. The maximum atomic E-state index is 13.6. The predicted molar refractivity (Wildman–Crippen MR) is 126 cm³/mol. The maximum Gasteiger partial charge on any atom is 0.329 e. The topological polar surface area (TPSA) is 86.2 Å². The van der Waals surface area contributed by atoms with Crippen LogP contribution < -0.4 is 5.69 Å². The molecule has 182 valence electrons. The Morgan fingerprint density at radius 2 is 1.83 bits per heavy atom. The monoisotopic (exact) mass is 501 g/mol. The van der Waals surface area contributed by atoms with Crippen LogP contribution in [0.4, 0.5) is 8.78 Å². The van der Waals surface area contributed by atoms with Crippen molar-refractivity contribution in [1.82, 2.24) is 24.2 Å². The van der Waals surface area contributed by atoms with E-state index >= 15 is 0 Å². The lowest BCUT2D eigenvalue weighted by atomic mass is 10.0. The molecule has 3 heterocycles. The number of nitrogens with zero attached hydrogens (tertiary/aromatic N) is 5. The minimum absolute atomic E-state index is 0.00663. The first-order chi connectivity index (χ1) is 16.8. The molecule has 2 aromatic carbocycles. The summed E-state index contributed by atoms with van der Waals surface area (Å²) in [6.07, 6.45) is -1.46. The fourth-order valence-corrected chi connectivity index (χ4v) is 4.74. The summed E-state index contributed by atoms with van der Waals surface area (Å²) in [6, 6.07) is 12.3. The quantitative estimate of drug-likeness (QED) is 0.396. The van der Waals surface area contributed by atoms with Crippen LogP contribution in [0.2, 0.25) is 5.02 Å². The highest BCUT2D eigenvalue weighted by Gasteiger charge is 2.26. The number of hydrogen-bond donors (Lipinski definition) is 0. The van der Waals surface area contributed by atoms with Gasteiger partial charge >= 0.3 is 12.1 Å². The van der Waals surface area contributed by atoms with Crippen LogP contribution >= 0.6 is 11.6 Å². The van der Waals surface area contributed by atoms with E-state index in [0.29, 0.717) is 43.1 Å². The van der Waals surface area contributed by atoms with Gasteiger partial charge in [0.05, 0.1) is 17.6 Å². The zero-order chi connectivity index (χ0) is 24.7. The number of piperidine rings is 1. The van der Waals surface area contributed by atoms with Gasteiger partial charge in [-0.2, -0.15) is 8.78 Å². The zero-order valence-electron chi connectivity index (χ0n) is 18.8. The molecule has 0 bridgehead atoms. The van der Waals surface area contributed by atoms with Crippen molar-refractivity contribution < 1.29 is 18.0 Å². The van der Waals surface area contributed by atoms with E-state index in [-0.39, 0.29) is 23.5 Å². The van der Waals surface area contributed by atoms with Gasteiger partial charge in [0.15, 0.2) is 0 Å². The first kappa shape index (κ1) is 23.2. The Kier molecular flexibility index (Phi) is 6.14. The van der Waals surface area contributed by atoms with Gasteiger partial charge in [0.1, 0.15) is 0 Å². The van der Waals surface area contributed by atoms with E-state index in [9.17, 15) is 18.4 Å². The largest absolute Gasteiger partial charge is 0.415 e. The van der Waals surface area contributed by atoms with E-state index in [4.69, 9.17) is 16.0 Å². The second-order valence-electron chi connectivity index (χ2n) is 8.55. The van der Waals surface area contributed by atoms with Crippen LogP contribution in [0.25, 0.3) is 22.5 Å². The molecule has 0 atom stereocenters. The number of halogens is 3. The van der Waals surface area contributed by atoms with Crippen LogP contribution in [0.1, 0.15) is 43.7 Å². The molecule has 5 rings (SSSR count). The number of imidazole rings is 1. The van der Waals surface area contributed by atoms with E-state index < -0.39 is 12.3 Å². The van der Waals surface area contributed by atoms with Crippen molar-refractivity contribution in [2.24, 2.45) is 0 Å². The van der Waals surface area contributed by atoms with Gasteiger partial charge in [0.2, 0.25) is 11.8 Å². The number of benzene rings is 2. The van der Waals surface area contributed by atoms with Crippen molar-refractivity contribution >= 4 is 28.5 Å². The number of carbonyl (C=O) groups excluding carboxylic acids is 1. The molecule has 1 aliphatic rings. The Balaban J connectivity index is 1.45. The molecule has 1 fully saturated rings. The molecular formula is C24H22ClF2N5O3. The molecule has 0 aliphatic carbocycles. The first-order valence-corrected chi connectivity index (χ1v) is 11.6. The number of rotatable bonds is 5. The lowest BCUT2D eigenvalue weighted by Gasteiger charge is -2.31. The van der Waals surface area contributed by atoms with Gasteiger partial charge in [-0.05, 0) is 48.7 Å². The molecule has 2 aromatic heterocycles. The lowest BCUT2D eigenvalue weighted by Crippen LogP contribution is -2.40. The van der Waals surface area contributed by atoms with Gasteiger partial charge in [-0.3, -0.25) is 13.9 Å². The smallest absolute Gasteiger partial charge is 0.329 e. The van der Waals surface area contributed by atoms with Crippen molar-refractivity contribution in [3.63, 3.8) is 0 Å². The van der Waals surface area contributed by atoms with Crippen molar-refractivity contribution in [2.75, 3.05) is 13.1 Å². The standard InChI is InChI=1S/C24H22ClF2N5O3/c1-14(33)30-10-8-18(9-11-30)32-20-12-17(25)6-7-19(20)31(24(32)34)13-15-2-4-16(5-3-15)22-28-29-23(35-22)21(26)27/h2-7,12,18,21H,8-11,13H2,1H3. The van der Waals surface area contributed by atoms with Crippen molar-refractivity contribution in [1.29, 1.82) is 0 Å². The summed E-state index contributed by atoms with van der Waals surface area (Å²) in [4.78, 5) is 27.1. The summed E-state index contributed by atoms with van der Waals surface area (Å²) in [7, 11) is 0. The van der Waals surface area contributed by atoms with E-state index in [2.05, 4.69) is 10.2 Å². The summed E-state index contributed by atoms with van der Waals surface area (Å²) >= 11 is 6.27. The molecule has 8 nitrogen and oxygen atoms in total. The number of likely N-dealkylation sites (tertiary alicyclic amines) is 1. The SMILES string of the molecule is CC(=O)N1CCC(n2c(=O)n(Cc3ccc(-c4nnc(C(F)F)o4)cc3)c3ccc(Cl)cc32)CC1. The Hall–Kier alpha value is -3.53. The molecule has 0 N–H and O–H groups in total. The molecular weight excluding hydrogens is 480 g/mol. The third-order valence-corrected chi connectivity index (χ3v) is 6.60. The van der Waals surface area contributed by atoms with E-state index in [0.717, 1.165) is 16.6 Å². The van der Waals surface area contributed by atoms with Crippen molar-refractivity contribution in [3.05, 3.63) is 69.4 Å². The molecule has 4 aromatic rings. The highest BCUT2D eigenvalue weighted by Crippen LogP contribution is 2.28. The summed E-state index contributed by atoms with van der Waals surface area (Å²) < 4.78 is 33.9. The second kappa shape index (κ2) is 9.26. The van der Waals surface area contributed by atoms with Gasteiger partial charge in [0.25, 0.3) is 5.89 Å². The third kappa shape index (κ3) is 4.45. The Morgan fingerprint density at radius 3 is 2.46 bits per heavy atom. The molecule has 1 saturated heterocycles.